The molecule has 0 radical (unpaired) electrons. The van der Waals surface area contributed by atoms with Crippen molar-refractivity contribution in [2.75, 3.05) is 13.7 Å². The fourth-order valence-corrected chi connectivity index (χ4v) is 13.4. The lowest BCUT2D eigenvalue weighted by atomic mass is 9.35. The average molecular weight is 689 g/mol. The fourth-order valence-electron chi connectivity index (χ4n) is 13.4. The molecule has 2 bridgehead atoms. The van der Waals surface area contributed by atoms with Crippen LogP contribution in [-0.2, 0) is 24.6 Å². The standard InChI is InChI=1S/C40H55F3O6/c1-22(2)25-18-27-31-37(7)15-14-24-30(36(37,6)16-17-38(25,31)21-48-27)26(44)19-29-34(3,4)32(45)28(20-35(24,29)5)49-33(46)39(47-8,40(41,42)43)23-12-10-9-11-13-23/h9-14,22,25-32,44-45H,15-21H2,1-8H3/t25-,26-,27-,28+,29-,30-,31+,32-,35+,36-,37+,38+,39+/m0/s1. The predicted octanol–water partition coefficient (Wildman–Crippen LogP) is 7.61. The van der Waals surface area contributed by atoms with E-state index >= 15 is 0 Å². The molecule has 0 amide bonds. The number of hydrogen-bond donors (Lipinski definition) is 2. The molecule has 49 heavy (non-hydrogen) atoms. The Balaban J connectivity index is 1.27. The van der Waals surface area contributed by atoms with Crippen LogP contribution in [0.2, 0.25) is 0 Å². The number of hydrogen-bond acceptors (Lipinski definition) is 6. The van der Waals surface area contributed by atoms with Crippen molar-refractivity contribution >= 4 is 5.97 Å². The van der Waals surface area contributed by atoms with Crippen LogP contribution in [-0.4, -0.2) is 60.5 Å². The van der Waals surface area contributed by atoms with Crippen molar-refractivity contribution in [1.82, 2.24) is 0 Å². The van der Waals surface area contributed by atoms with E-state index in [9.17, 15) is 28.2 Å². The molecule has 0 unspecified atom stereocenters. The summed E-state index contributed by atoms with van der Waals surface area (Å²) in [5.74, 6) is -0.362. The zero-order valence-electron chi connectivity index (χ0n) is 30.3. The van der Waals surface area contributed by atoms with Gasteiger partial charge in [-0.3, -0.25) is 0 Å². The van der Waals surface area contributed by atoms with E-state index in [-0.39, 0.29) is 46.2 Å². The first-order valence-electron chi connectivity index (χ1n) is 18.3. The molecule has 13 atom stereocenters. The normalized spacial score (nSPS) is 46.5. The number of methoxy groups -OCH3 is 1. The summed E-state index contributed by atoms with van der Waals surface area (Å²) in [6, 6.07) is 6.81. The Bertz CT molecular complexity index is 1510. The second-order valence-electron chi connectivity index (χ2n) is 18.3. The van der Waals surface area contributed by atoms with Crippen LogP contribution in [0.3, 0.4) is 0 Å². The maximum atomic E-state index is 14.8. The van der Waals surface area contributed by atoms with Gasteiger partial charge in [-0.05, 0) is 83.9 Å². The smallest absolute Gasteiger partial charge is 0.432 e. The number of alkyl halides is 3. The molecule has 0 aromatic heterocycles. The molecule has 2 N–H and O–H groups in total. The van der Waals surface area contributed by atoms with Gasteiger partial charge in [0, 0.05) is 24.0 Å². The number of aliphatic hydroxyl groups is 2. The van der Waals surface area contributed by atoms with Crippen LogP contribution in [0, 0.1) is 56.7 Å². The topological polar surface area (TPSA) is 85.2 Å². The highest BCUT2D eigenvalue weighted by atomic mass is 19.4. The Morgan fingerprint density at radius 2 is 1.67 bits per heavy atom. The number of rotatable bonds is 5. The summed E-state index contributed by atoms with van der Waals surface area (Å²) in [6.45, 7) is 16.2. The van der Waals surface area contributed by atoms with Gasteiger partial charge in [-0.25, -0.2) is 4.79 Å². The molecule has 5 fully saturated rings. The van der Waals surface area contributed by atoms with Crippen LogP contribution in [0.5, 0.6) is 0 Å². The number of carbonyl (C=O) groups excluding carboxylic acids is 1. The van der Waals surface area contributed by atoms with Crippen LogP contribution in [0.15, 0.2) is 42.0 Å². The van der Waals surface area contributed by atoms with E-state index in [1.807, 2.05) is 13.8 Å². The number of carbonyl (C=O) groups is 1. The third-order valence-electron chi connectivity index (χ3n) is 15.8. The van der Waals surface area contributed by atoms with Crippen molar-refractivity contribution in [3.8, 4) is 0 Å². The second-order valence-corrected chi connectivity index (χ2v) is 18.3. The molecular weight excluding hydrogens is 633 g/mol. The van der Waals surface area contributed by atoms with Crippen LogP contribution >= 0.6 is 0 Å². The number of allylic oxidation sites excluding steroid dienone is 1. The summed E-state index contributed by atoms with van der Waals surface area (Å²) in [7, 11) is 0.858. The molecule has 1 aromatic rings. The third kappa shape index (κ3) is 4.37. The Morgan fingerprint density at radius 1 is 1.00 bits per heavy atom. The van der Waals surface area contributed by atoms with Gasteiger partial charge >= 0.3 is 12.1 Å². The van der Waals surface area contributed by atoms with Crippen LogP contribution < -0.4 is 0 Å². The van der Waals surface area contributed by atoms with Gasteiger partial charge in [0.25, 0.3) is 5.60 Å². The lowest BCUT2D eigenvalue weighted by Gasteiger charge is -2.69. The highest BCUT2D eigenvalue weighted by Gasteiger charge is 2.75. The van der Waals surface area contributed by atoms with Gasteiger partial charge in [-0.15, -0.1) is 0 Å². The van der Waals surface area contributed by atoms with Crippen molar-refractivity contribution in [2.24, 2.45) is 56.7 Å². The lowest BCUT2D eigenvalue weighted by Crippen LogP contribution is -2.67. The van der Waals surface area contributed by atoms with Crippen molar-refractivity contribution < 1.29 is 42.4 Å². The van der Waals surface area contributed by atoms with E-state index in [1.165, 1.54) is 24.3 Å². The lowest BCUT2D eigenvalue weighted by molar-refractivity contribution is -0.284. The summed E-state index contributed by atoms with van der Waals surface area (Å²) in [5.41, 5.74) is -4.35. The molecule has 1 saturated heterocycles. The molecule has 6 nitrogen and oxygen atoms in total. The van der Waals surface area contributed by atoms with Gasteiger partial charge in [-0.2, -0.15) is 13.2 Å². The van der Waals surface area contributed by atoms with Crippen molar-refractivity contribution in [3.05, 3.63) is 47.5 Å². The molecule has 7 rings (SSSR count). The van der Waals surface area contributed by atoms with Crippen molar-refractivity contribution in [3.63, 3.8) is 0 Å². The Morgan fingerprint density at radius 3 is 2.29 bits per heavy atom. The Hall–Kier alpha value is -1.94. The molecule has 1 aromatic carbocycles. The summed E-state index contributed by atoms with van der Waals surface area (Å²) in [4.78, 5) is 13.9. The average Bonchev–Trinajstić information content (AvgIpc) is 3.57. The monoisotopic (exact) mass is 688 g/mol. The molecule has 1 heterocycles. The molecule has 272 valence electrons. The summed E-state index contributed by atoms with van der Waals surface area (Å²) >= 11 is 0. The minimum Gasteiger partial charge on any atom is -0.457 e. The molecule has 1 aliphatic heterocycles. The summed E-state index contributed by atoms with van der Waals surface area (Å²) < 4.78 is 61.9. The maximum absolute atomic E-state index is 14.8. The van der Waals surface area contributed by atoms with Gasteiger partial charge in [0.15, 0.2) is 0 Å². The molecular formula is C40H55F3O6. The first kappa shape index (κ1) is 35.5. The van der Waals surface area contributed by atoms with Crippen LogP contribution in [0.25, 0.3) is 0 Å². The van der Waals surface area contributed by atoms with Gasteiger partial charge in [-0.1, -0.05) is 90.4 Å². The van der Waals surface area contributed by atoms with Crippen LogP contribution in [0.1, 0.15) is 92.6 Å². The van der Waals surface area contributed by atoms with E-state index in [4.69, 9.17) is 14.2 Å². The summed E-state index contributed by atoms with van der Waals surface area (Å²) in [6.07, 6.45) is -1.17. The Kier molecular flexibility index (Phi) is 7.99. The Labute approximate surface area is 289 Å². The van der Waals surface area contributed by atoms with Gasteiger partial charge in [0.2, 0.25) is 0 Å². The van der Waals surface area contributed by atoms with E-state index in [2.05, 4.69) is 40.7 Å². The van der Waals surface area contributed by atoms with Crippen molar-refractivity contribution in [1.29, 1.82) is 0 Å². The molecule has 0 spiro atoms. The molecule has 5 aliphatic carbocycles. The number of benzene rings is 1. The number of ether oxygens (including phenoxy) is 3. The number of esters is 1. The van der Waals surface area contributed by atoms with Crippen molar-refractivity contribution in [2.45, 2.75) is 123 Å². The number of aliphatic hydroxyl groups excluding tert-OH is 2. The van der Waals surface area contributed by atoms with E-state index in [0.717, 1.165) is 45.0 Å². The SMILES string of the molecule is CO[C@@](C(=O)O[C@@H]1C[C@]2(C)C3=CC[C@]4(C)[C@H]5[C@@H]6C[C@@H](C(C)C)[C@@]5(CC[C@@]4(C)[C@@H]3[C@@H](O)C[C@H]2C(C)(C)[C@H]1O)CO6)(c1ccccc1)C(F)(F)F. The quantitative estimate of drug-likeness (QED) is 0.245. The minimum atomic E-state index is -5.12. The van der Waals surface area contributed by atoms with Crippen LogP contribution in [0.4, 0.5) is 13.2 Å². The summed E-state index contributed by atoms with van der Waals surface area (Å²) in [5, 5.41) is 24.0. The first-order valence-corrected chi connectivity index (χ1v) is 18.3. The van der Waals surface area contributed by atoms with E-state index < -0.39 is 46.9 Å². The maximum Gasteiger partial charge on any atom is 0.432 e. The fraction of sp³-hybridized carbons (Fsp3) is 0.775. The highest BCUT2D eigenvalue weighted by Crippen LogP contribution is 2.78. The van der Waals surface area contributed by atoms with E-state index in [1.54, 1.807) is 6.07 Å². The van der Waals surface area contributed by atoms with E-state index in [0.29, 0.717) is 24.2 Å². The van der Waals surface area contributed by atoms with Gasteiger partial charge < -0.3 is 24.4 Å². The van der Waals surface area contributed by atoms with Gasteiger partial charge in [0.05, 0.1) is 24.9 Å². The zero-order chi connectivity index (χ0) is 35.7. The first-order chi connectivity index (χ1) is 22.8. The zero-order valence-corrected chi connectivity index (χ0v) is 30.3. The highest BCUT2D eigenvalue weighted by molar-refractivity contribution is 5.83. The molecule has 9 heteroatoms. The molecule has 6 aliphatic rings. The minimum absolute atomic E-state index is 0.107. The number of halogens is 3. The second kappa shape index (κ2) is 11.0. The number of fused-ring (bicyclic) bond motifs is 5. The largest absolute Gasteiger partial charge is 0.457 e. The van der Waals surface area contributed by atoms with Gasteiger partial charge in [0.1, 0.15) is 6.10 Å². The predicted molar refractivity (Wildman–Crippen MR) is 178 cm³/mol. The molecule has 4 saturated carbocycles. The third-order valence-corrected chi connectivity index (χ3v) is 15.8.